The van der Waals surface area contributed by atoms with E-state index in [1.54, 1.807) is 18.2 Å². The number of esters is 1. The summed E-state index contributed by atoms with van der Waals surface area (Å²) < 4.78 is 31.2. The summed E-state index contributed by atoms with van der Waals surface area (Å²) in [7, 11) is 4.18. The molecule has 1 heterocycles. The highest BCUT2D eigenvalue weighted by molar-refractivity contribution is 7.16. The van der Waals surface area contributed by atoms with E-state index in [2.05, 4.69) is 9.73 Å². The molecule has 0 aliphatic heterocycles. The number of hydrogen-bond donors (Lipinski definition) is 0. The number of nitrogens with zero attached hydrogens (tertiary/aromatic N) is 2. The third-order valence-electron chi connectivity index (χ3n) is 3.96. The van der Waals surface area contributed by atoms with Gasteiger partial charge in [0.2, 0.25) is 0 Å². The van der Waals surface area contributed by atoms with Gasteiger partial charge in [0.25, 0.3) is 5.91 Å². The Bertz CT molecular complexity index is 1100. The minimum Gasteiger partial charge on any atom is -0.497 e. The Morgan fingerprint density at radius 1 is 1.11 bits per heavy atom. The van der Waals surface area contributed by atoms with E-state index in [1.807, 2.05) is 0 Å². The van der Waals surface area contributed by atoms with Gasteiger partial charge in [0.15, 0.2) is 4.80 Å². The highest BCUT2D eigenvalue weighted by Crippen LogP contribution is 2.24. The van der Waals surface area contributed by atoms with Crippen LogP contribution in [0.25, 0.3) is 10.2 Å². The van der Waals surface area contributed by atoms with Crippen molar-refractivity contribution in [2.45, 2.75) is 6.54 Å². The number of methoxy groups -OCH3 is 3. The zero-order chi connectivity index (χ0) is 20.3. The smallest absolute Gasteiger partial charge is 0.325 e. The fraction of sp³-hybridized carbons (Fsp3) is 0.211. The molecule has 0 unspecified atom stereocenters. The van der Waals surface area contributed by atoms with Crippen LogP contribution >= 0.6 is 11.3 Å². The third kappa shape index (κ3) is 3.89. The molecule has 9 heteroatoms. The van der Waals surface area contributed by atoms with Crippen molar-refractivity contribution in [3.63, 3.8) is 0 Å². The molecule has 2 aromatic carbocycles. The first-order chi connectivity index (χ1) is 13.5. The number of carbonyl (C=O) groups is 2. The summed E-state index contributed by atoms with van der Waals surface area (Å²) in [5, 5.41) is 0. The predicted molar refractivity (Wildman–Crippen MR) is 101 cm³/mol. The second-order valence-electron chi connectivity index (χ2n) is 5.65. The Kier molecular flexibility index (Phi) is 5.74. The van der Waals surface area contributed by atoms with Gasteiger partial charge in [-0.05, 0) is 24.3 Å². The van der Waals surface area contributed by atoms with Crippen molar-refractivity contribution >= 4 is 33.4 Å². The van der Waals surface area contributed by atoms with Crippen LogP contribution in [0.5, 0.6) is 11.5 Å². The molecule has 28 heavy (non-hydrogen) atoms. The summed E-state index contributed by atoms with van der Waals surface area (Å²) in [6.45, 7) is -0.273. The number of amides is 1. The summed E-state index contributed by atoms with van der Waals surface area (Å²) >= 11 is 1.10. The third-order valence-corrected chi connectivity index (χ3v) is 5.01. The molecular formula is C19H17FN2O5S. The summed E-state index contributed by atoms with van der Waals surface area (Å²) in [5.41, 5.74) is 0.423. The van der Waals surface area contributed by atoms with Crippen LogP contribution in [0, 0.1) is 5.82 Å². The molecule has 0 aliphatic carbocycles. The van der Waals surface area contributed by atoms with Crippen molar-refractivity contribution < 1.29 is 28.2 Å². The maximum Gasteiger partial charge on any atom is 0.325 e. The standard InChI is InChI=1S/C19H17FN2O5S/c1-25-12-7-11(8-13(9-12)26-2)18(24)21-19-22(10-16(23)27-3)17-14(20)5-4-6-15(17)28-19/h4-9H,10H2,1-3H3. The molecular weight excluding hydrogens is 387 g/mol. The number of thiazole rings is 1. The number of hydrogen-bond acceptors (Lipinski definition) is 6. The Labute approximate surface area is 163 Å². The molecule has 3 rings (SSSR count). The molecule has 0 saturated carbocycles. The summed E-state index contributed by atoms with van der Waals surface area (Å²) in [4.78, 5) is 28.8. The zero-order valence-corrected chi connectivity index (χ0v) is 16.2. The van der Waals surface area contributed by atoms with Gasteiger partial charge in [0.05, 0.1) is 31.5 Å². The van der Waals surface area contributed by atoms with Crippen LogP contribution in [0.4, 0.5) is 4.39 Å². The van der Waals surface area contributed by atoms with Crippen molar-refractivity contribution in [3.8, 4) is 11.5 Å². The molecule has 0 aliphatic rings. The van der Waals surface area contributed by atoms with E-state index in [0.717, 1.165) is 11.3 Å². The fourth-order valence-corrected chi connectivity index (χ4v) is 3.64. The molecule has 0 atom stereocenters. The second kappa shape index (κ2) is 8.22. The van der Waals surface area contributed by atoms with E-state index >= 15 is 0 Å². The maximum absolute atomic E-state index is 14.3. The average molecular weight is 404 g/mol. The van der Waals surface area contributed by atoms with E-state index in [4.69, 9.17) is 9.47 Å². The van der Waals surface area contributed by atoms with Gasteiger partial charge in [-0.2, -0.15) is 4.99 Å². The molecule has 0 bridgehead atoms. The van der Waals surface area contributed by atoms with Gasteiger partial charge in [0.1, 0.15) is 23.9 Å². The zero-order valence-electron chi connectivity index (χ0n) is 15.4. The lowest BCUT2D eigenvalue weighted by molar-refractivity contribution is -0.141. The minimum absolute atomic E-state index is 0.178. The van der Waals surface area contributed by atoms with Crippen LogP contribution in [0.15, 0.2) is 41.4 Å². The van der Waals surface area contributed by atoms with Gasteiger partial charge in [-0.1, -0.05) is 17.4 Å². The van der Waals surface area contributed by atoms with E-state index < -0.39 is 17.7 Å². The molecule has 3 aromatic rings. The molecule has 0 spiro atoms. The summed E-state index contributed by atoms with van der Waals surface area (Å²) in [6, 6.07) is 9.19. The number of aromatic nitrogens is 1. The lowest BCUT2D eigenvalue weighted by atomic mass is 10.2. The average Bonchev–Trinajstić information content (AvgIpc) is 3.05. The van der Waals surface area contributed by atoms with E-state index in [1.165, 1.54) is 44.1 Å². The second-order valence-corrected chi connectivity index (χ2v) is 6.66. The van der Waals surface area contributed by atoms with Gasteiger partial charge in [-0.3, -0.25) is 9.59 Å². The van der Waals surface area contributed by atoms with Crippen LogP contribution in [0.3, 0.4) is 0 Å². The first-order valence-electron chi connectivity index (χ1n) is 8.13. The quantitative estimate of drug-likeness (QED) is 0.611. The van der Waals surface area contributed by atoms with Crippen molar-refractivity contribution in [2.24, 2.45) is 4.99 Å². The predicted octanol–water partition coefficient (Wildman–Crippen LogP) is 2.77. The first kappa shape index (κ1) is 19.6. The van der Waals surface area contributed by atoms with Crippen LogP contribution in [-0.2, 0) is 16.1 Å². The molecule has 146 valence electrons. The van der Waals surface area contributed by atoms with Crippen molar-refractivity contribution in [3.05, 3.63) is 52.6 Å². The SMILES string of the molecule is COC(=O)Cn1c(=NC(=O)c2cc(OC)cc(OC)c2)sc2cccc(F)c21. The normalized spacial score (nSPS) is 11.5. The Hall–Kier alpha value is -3.20. The summed E-state index contributed by atoms with van der Waals surface area (Å²) in [6.07, 6.45) is 0. The molecule has 0 radical (unpaired) electrons. The van der Waals surface area contributed by atoms with Crippen LogP contribution in [0.2, 0.25) is 0 Å². The minimum atomic E-state index is -0.583. The van der Waals surface area contributed by atoms with E-state index in [-0.39, 0.29) is 22.4 Å². The largest absolute Gasteiger partial charge is 0.497 e. The molecule has 1 aromatic heterocycles. The van der Waals surface area contributed by atoms with Crippen molar-refractivity contribution in [2.75, 3.05) is 21.3 Å². The maximum atomic E-state index is 14.3. The van der Waals surface area contributed by atoms with E-state index in [9.17, 15) is 14.0 Å². The molecule has 0 saturated heterocycles. The lowest BCUT2D eigenvalue weighted by Crippen LogP contribution is -2.22. The Morgan fingerprint density at radius 3 is 2.39 bits per heavy atom. The first-order valence-corrected chi connectivity index (χ1v) is 8.95. The molecule has 7 nitrogen and oxygen atoms in total. The van der Waals surface area contributed by atoms with Crippen LogP contribution in [-0.4, -0.2) is 37.8 Å². The van der Waals surface area contributed by atoms with Crippen LogP contribution < -0.4 is 14.3 Å². The van der Waals surface area contributed by atoms with Gasteiger partial charge in [0, 0.05) is 11.6 Å². The number of carbonyl (C=O) groups excluding carboxylic acids is 2. The lowest BCUT2D eigenvalue weighted by Gasteiger charge is -2.06. The highest BCUT2D eigenvalue weighted by Gasteiger charge is 2.16. The number of rotatable bonds is 5. The summed E-state index contributed by atoms with van der Waals surface area (Å²) in [5.74, 6) is -0.817. The van der Waals surface area contributed by atoms with E-state index in [0.29, 0.717) is 16.2 Å². The Balaban J connectivity index is 2.16. The molecule has 1 amide bonds. The molecule has 0 fully saturated rings. The van der Waals surface area contributed by atoms with Crippen LogP contribution in [0.1, 0.15) is 10.4 Å². The fourth-order valence-electron chi connectivity index (χ4n) is 2.59. The number of ether oxygens (including phenoxy) is 3. The Morgan fingerprint density at radius 2 is 1.79 bits per heavy atom. The van der Waals surface area contributed by atoms with Gasteiger partial charge in [-0.15, -0.1) is 0 Å². The molecule has 0 N–H and O–H groups in total. The van der Waals surface area contributed by atoms with Crippen molar-refractivity contribution in [1.29, 1.82) is 0 Å². The number of para-hydroxylation sites is 1. The van der Waals surface area contributed by atoms with Gasteiger partial charge in [-0.25, -0.2) is 4.39 Å². The number of halogens is 1. The number of fused-ring (bicyclic) bond motifs is 1. The van der Waals surface area contributed by atoms with Gasteiger partial charge >= 0.3 is 5.97 Å². The highest BCUT2D eigenvalue weighted by atomic mass is 32.1. The number of benzene rings is 2. The van der Waals surface area contributed by atoms with Gasteiger partial charge < -0.3 is 18.8 Å². The topological polar surface area (TPSA) is 79.1 Å². The monoisotopic (exact) mass is 404 g/mol. The van der Waals surface area contributed by atoms with Crippen molar-refractivity contribution in [1.82, 2.24) is 4.57 Å².